The maximum atomic E-state index is 13.4. The molecule has 1 N–H and O–H groups in total. The number of Topliss-reactive ketones (excluding diaryl/α,β-unsaturated/α-hetero) is 1. The van der Waals surface area contributed by atoms with E-state index >= 15 is 0 Å². The van der Waals surface area contributed by atoms with Gasteiger partial charge in [-0.15, -0.1) is 0 Å². The van der Waals surface area contributed by atoms with Crippen LogP contribution in [0.25, 0.3) is 0 Å². The smallest absolute Gasteiger partial charge is 0.258 e. The number of aryl methyl sites for hydroxylation is 2. The first-order chi connectivity index (χ1) is 15.0. The summed E-state index contributed by atoms with van der Waals surface area (Å²) in [5.41, 5.74) is 4.72. The van der Waals surface area contributed by atoms with Gasteiger partial charge in [0.25, 0.3) is 11.8 Å². The summed E-state index contributed by atoms with van der Waals surface area (Å²) in [6.07, 6.45) is 1.06. The highest BCUT2D eigenvalue weighted by atomic mass is 16.2. The van der Waals surface area contributed by atoms with E-state index < -0.39 is 0 Å². The molecule has 0 fully saturated rings. The molecule has 0 aliphatic carbocycles. The molecule has 1 aliphatic heterocycles. The Kier molecular flexibility index (Phi) is 5.67. The van der Waals surface area contributed by atoms with Crippen LogP contribution in [0.15, 0.2) is 66.7 Å². The Morgan fingerprint density at radius 1 is 0.871 bits per heavy atom. The molecule has 0 atom stereocenters. The van der Waals surface area contributed by atoms with Crippen LogP contribution < -0.4 is 10.2 Å². The Bertz CT molecular complexity index is 1180. The van der Waals surface area contributed by atoms with Crippen molar-refractivity contribution in [2.24, 2.45) is 0 Å². The minimum atomic E-state index is -0.184. The second-order valence-electron chi connectivity index (χ2n) is 7.80. The van der Waals surface area contributed by atoms with Crippen LogP contribution in [0.2, 0.25) is 0 Å². The third kappa shape index (κ3) is 4.12. The second-order valence-corrected chi connectivity index (χ2v) is 7.80. The van der Waals surface area contributed by atoms with E-state index in [4.69, 9.17) is 0 Å². The van der Waals surface area contributed by atoms with E-state index in [2.05, 4.69) is 5.32 Å². The Morgan fingerprint density at radius 3 is 2.39 bits per heavy atom. The highest BCUT2D eigenvalue weighted by molar-refractivity contribution is 6.12. The minimum absolute atomic E-state index is 0.0666. The summed E-state index contributed by atoms with van der Waals surface area (Å²) in [5, 5.41) is 2.91. The lowest BCUT2D eigenvalue weighted by molar-refractivity contribution is 0.0973. The summed E-state index contributed by atoms with van der Waals surface area (Å²) in [7, 11) is 0. The molecule has 0 aromatic heterocycles. The van der Waals surface area contributed by atoms with Gasteiger partial charge in [0.15, 0.2) is 5.78 Å². The first kappa shape index (κ1) is 20.5. The van der Waals surface area contributed by atoms with Crippen LogP contribution in [-0.4, -0.2) is 24.1 Å². The Labute approximate surface area is 181 Å². The normalized spacial score (nSPS) is 13.4. The molecule has 0 spiro atoms. The molecule has 1 heterocycles. The van der Waals surface area contributed by atoms with Crippen molar-refractivity contribution in [2.45, 2.75) is 26.7 Å². The molecule has 0 saturated carbocycles. The molecule has 5 nitrogen and oxygen atoms in total. The van der Waals surface area contributed by atoms with E-state index in [1.165, 1.54) is 0 Å². The molecule has 156 valence electrons. The van der Waals surface area contributed by atoms with Gasteiger partial charge in [-0.25, -0.2) is 0 Å². The van der Waals surface area contributed by atoms with E-state index in [1.54, 1.807) is 35.2 Å². The average Bonchev–Trinajstić information content (AvgIpc) is 2.93. The van der Waals surface area contributed by atoms with Crippen molar-refractivity contribution in [3.8, 4) is 0 Å². The third-order valence-corrected chi connectivity index (χ3v) is 5.63. The number of para-hydroxylation sites is 1. The van der Waals surface area contributed by atoms with E-state index in [1.807, 2.05) is 50.2 Å². The van der Waals surface area contributed by atoms with Crippen LogP contribution in [-0.2, 0) is 0 Å². The lowest BCUT2D eigenvalue weighted by Gasteiger charge is -2.23. The van der Waals surface area contributed by atoms with Gasteiger partial charge in [0.05, 0.1) is 5.69 Å². The molecule has 0 unspecified atom stereocenters. The number of carbonyl (C=O) groups is 3. The summed E-state index contributed by atoms with van der Waals surface area (Å²) in [5.74, 6) is -0.259. The van der Waals surface area contributed by atoms with Gasteiger partial charge < -0.3 is 10.2 Å². The minimum Gasteiger partial charge on any atom is -0.322 e. The maximum Gasteiger partial charge on any atom is 0.258 e. The van der Waals surface area contributed by atoms with Crippen molar-refractivity contribution >= 4 is 29.0 Å². The van der Waals surface area contributed by atoms with Gasteiger partial charge in [0.2, 0.25) is 0 Å². The number of rotatable bonds is 3. The number of benzene rings is 3. The van der Waals surface area contributed by atoms with Crippen molar-refractivity contribution in [3.63, 3.8) is 0 Å². The predicted octanol–water partition coefficient (Wildman–Crippen LogP) is 5.18. The Hall–Kier alpha value is -3.73. The molecule has 1 aliphatic rings. The molecule has 2 amide bonds. The monoisotopic (exact) mass is 412 g/mol. The molecular weight excluding hydrogens is 388 g/mol. The molecule has 4 rings (SSSR count). The van der Waals surface area contributed by atoms with Gasteiger partial charge in [-0.1, -0.05) is 30.3 Å². The van der Waals surface area contributed by atoms with Crippen LogP contribution in [0.4, 0.5) is 11.4 Å². The summed E-state index contributed by atoms with van der Waals surface area (Å²) >= 11 is 0. The first-order valence-corrected chi connectivity index (χ1v) is 10.4. The van der Waals surface area contributed by atoms with Gasteiger partial charge in [0.1, 0.15) is 0 Å². The number of nitrogens with one attached hydrogen (secondary N) is 1. The van der Waals surface area contributed by atoms with E-state index in [9.17, 15) is 14.4 Å². The van der Waals surface area contributed by atoms with Gasteiger partial charge >= 0.3 is 0 Å². The number of anilines is 2. The van der Waals surface area contributed by atoms with Crippen molar-refractivity contribution < 1.29 is 14.4 Å². The van der Waals surface area contributed by atoms with Crippen LogP contribution >= 0.6 is 0 Å². The molecule has 0 radical (unpaired) electrons. The van der Waals surface area contributed by atoms with Crippen LogP contribution in [0.3, 0.4) is 0 Å². The fraction of sp³-hybridized carbons (Fsp3) is 0.192. The summed E-state index contributed by atoms with van der Waals surface area (Å²) in [6.45, 7) is 4.24. The lowest BCUT2D eigenvalue weighted by atomic mass is 10.0. The maximum absolute atomic E-state index is 13.4. The number of hydrogen-bond donors (Lipinski definition) is 1. The second kappa shape index (κ2) is 8.56. The molecule has 0 saturated heterocycles. The molecular formula is C26H24N2O3. The SMILES string of the molecule is Cc1ccccc1C(=O)Nc1ccc(C(=O)N2CCCC(=O)c3ccccc32)c(C)c1. The van der Waals surface area contributed by atoms with Gasteiger partial charge in [-0.3, -0.25) is 14.4 Å². The molecule has 3 aromatic carbocycles. The van der Waals surface area contributed by atoms with Crippen LogP contribution in [0.5, 0.6) is 0 Å². The van der Waals surface area contributed by atoms with Gasteiger partial charge in [-0.2, -0.15) is 0 Å². The van der Waals surface area contributed by atoms with Gasteiger partial charge in [0, 0.05) is 35.3 Å². The summed E-state index contributed by atoms with van der Waals surface area (Å²) in [6, 6.07) is 20.0. The van der Waals surface area contributed by atoms with Crippen molar-refractivity contribution in [1.82, 2.24) is 0 Å². The third-order valence-electron chi connectivity index (χ3n) is 5.63. The summed E-state index contributed by atoms with van der Waals surface area (Å²) < 4.78 is 0. The largest absolute Gasteiger partial charge is 0.322 e. The standard InChI is InChI=1S/C26H24N2O3/c1-17-8-3-4-9-20(17)25(30)27-19-13-14-21(18(2)16-19)26(31)28-15-7-12-24(29)22-10-5-6-11-23(22)28/h3-6,8-11,13-14,16H,7,12,15H2,1-2H3,(H,27,30). The number of fused-ring (bicyclic) bond motifs is 1. The van der Waals surface area contributed by atoms with E-state index in [0.717, 1.165) is 11.1 Å². The average molecular weight is 412 g/mol. The number of amides is 2. The fourth-order valence-electron chi connectivity index (χ4n) is 3.96. The number of nitrogens with zero attached hydrogens (tertiary/aromatic N) is 1. The zero-order valence-electron chi connectivity index (χ0n) is 17.6. The topological polar surface area (TPSA) is 66.5 Å². The van der Waals surface area contributed by atoms with Crippen molar-refractivity contribution in [2.75, 3.05) is 16.8 Å². The number of hydrogen-bond acceptors (Lipinski definition) is 3. The quantitative estimate of drug-likeness (QED) is 0.645. The predicted molar refractivity (Wildman–Crippen MR) is 122 cm³/mol. The molecule has 3 aromatic rings. The zero-order valence-corrected chi connectivity index (χ0v) is 17.6. The molecule has 5 heteroatoms. The summed E-state index contributed by atoms with van der Waals surface area (Å²) in [4.78, 5) is 40.0. The lowest BCUT2D eigenvalue weighted by Crippen LogP contribution is -2.32. The van der Waals surface area contributed by atoms with Crippen LogP contribution in [0.1, 0.15) is 55.0 Å². The highest BCUT2D eigenvalue weighted by Gasteiger charge is 2.26. The number of carbonyl (C=O) groups excluding carboxylic acids is 3. The van der Waals surface area contributed by atoms with Crippen LogP contribution in [0, 0.1) is 13.8 Å². The molecule has 31 heavy (non-hydrogen) atoms. The van der Waals surface area contributed by atoms with Gasteiger partial charge in [-0.05, 0) is 67.8 Å². The van der Waals surface area contributed by atoms with E-state index in [0.29, 0.717) is 47.5 Å². The molecule has 0 bridgehead atoms. The zero-order chi connectivity index (χ0) is 22.0. The fourth-order valence-corrected chi connectivity index (χ4v) is 3.96. The van der Waals surface area contributed by atoms with Crippen molar-refractivity contribution in [1.29, 1.82) is 0 Å². The Morgan fingerprint density at radius 2 is 1.61 bits per heavy atom. The van der Waals surface area contributed by atoms with E-state index in [-0.39, 0.29) is 17.6 Å². The Balaban J connectivity index is 1.59. The number of ketones is 1. The highest BCUT2D eigenvalue weighted by Crippen LogP contribution is 2.28. The van der Waals surface area contributed by atoms with Crippen molar-refractivity contribution in [3.05, 3.63) is 94.5 Å². The first-order valence-electron chi connectivity index (χ1n) is 10.4.